The molecule has 1 saturated carbocycles. The number of benzene rings is 1. The van der Waals surface area contributed by atoms with E-state index in [-0.39, 0.29) is 30.9 Å². The van der Waals surface area contributed by atoms with Crippen molar-refractivity contribution < 1.29 is 24.7 Å². The first kappa shape index (κ1) is 23.1. The van der Waals surface area contributed by atoms with Crippen molar-refractivity contribution in [3.63, 3.8) is 0 Å². The molecule has 0 aliphatic heterocycles. The first-order chi connectivity index (χ1) is 14.1. The number of hydrogen-bond acceptors (Lipinski definition) is 6. The summed E-state index contributed by atoms with van der Waals surface area (Å²) in [6, 6.07) is 4.84. The third-order valence-electron chi connectivity index (χ3n) is 5.33. The summed E-state index contributed by atoms with van der Waals surface area (Å²) in [5, 5.41) is 29.4. The largest absolute Gasteiger partial charge is 0.494 e. The molecule has 2 N–H and O–H groups in total. The predicted octanol–water partition coefficient (Wildman–Crippen LogP) is 2.83. The molecule has 1 aromatic carbocycles. The lowest BCUT2D eigenvalue weighted by Crippen LogP contribution is -2.43. The minimum absolute atomic E-state index is 0.0214. The van der Waals surface area contributed by atoms with Crippen LogP contribution in [-0.4, -0.2) is 58.4 Å². The SMILES string of the molecule is O=C(CCCOc1ccc([N+](=O)[O-])c(CCCO)c1)N(CCO)C1CCCCC1. The van der Waals surface area contributed by atoms with Gasteiger partial charge >= 0.3 is 0 Å². The number of rotatable bonds is 12. The highest BCUT2D eigenvalue weighted by molar-refractivity contribution is 5.76. The van der Waals surface area contributed by atoms with E-state index in [1.54, 1.807) is 12.1 Å². The number of ether oxygens (including phenoxy) is 1. The predicted molar refractivity (Wildman–Crippen MR) is 109 cm³/mol. The van der Waals surface area contributed by atoms with Crippen LogP contribution in [0.2, 0.25) is 0 Å². The van der Waals surface area contributed by atoms with E-state index >= 15 is 0 Å². The van der Waals surface area contributed by atoms with E-state index in [1.807, 2.05) is 4.90 Å². The summed E-state index contributed by atoms with van der Waals surface area (Å²) < 4.78 is 5.69. The van der Waals surface area contributed by atoms with Gasteiger partial charge in [0.25, 0.3) is 5.69 Å². The molecule has 1 aliphatic carbocycles. The Morgan fingerprint density at radius 1 is 1.17 bits per heavy atom. The van der Waals surface area contributed by atoms with Gasteiger partial charge in [-0.3, -0.25) is 14.9 Å². The average Bonchev–Trinajstić information content (AvgIpc) is 2.73. The lowest BCUT2D eigenvalue weighted by Gasteiger charge is -2.34. The minimum atomic E-state index is -0.434. The van der Waals surface area contributed by atoms with Gasteiger partial charge in [0.1, 0.15) is 5.75 Å². The van der Waals surface area contributed by atoms with Gasteiger partial charge < -0.3 is 19.8 Å². The van der Waals surface area contributed by atoms with Crippen LogP contribution in [0.1, 0.15) is 56.9 Å². The molecule has 1 aliphatic rings. The van der Waals surface area contributed by atoms with Crippen LogP contribution in [0.25, 0.3) is 0 Å². The highest BCUT2D eigenvalue weighted by Crippen LogP contribution is 2.26. The van der Waals surface area contributed by atoms with Gasteiger partial charge in [-0.15, -0.1) is 0 Å². The topological polar surface area (TPSA) is 113 Å². The minimum Gasteiger partial charge on any atom is -0.494 e. The molecule has 0 saturated heterocycles. The van der Waals surface area contributed by atoms with Crippen LogP contribution in [0.5, 0.6) is 5.75 Å². The molecule has 1 fully saturated rings. The van der Waals surface area contributed by atoms with Crippen molar-refractivity contribution in [3.8, 4) is 5.75 Å². The van der Waals surface area contributed by atoms with E-state index in [0.29, 0.717) is 50.1 Å². The summed E-state index contributed by atoms with van der Waals surface area (Å²) in [5.41, 5.74) is 0.553. The van der Waals surface area contributed by atoms with E-state index in [0.717, 1.165) is 25.7 Å². The summed E-state index contributed by atoms with van der Waals surface area (Å²) in [5.74, 6) is 0.567. The van der Waals surface area contributed by atoms with Crippen molar-refractivity contribution in [1.82, 2.24) is 4.90 Å². The van der Waals surface area contributed by atoms with Crippen molar-refractivity contribution in [2.45, 2.75) is 63.8 Å². The number of nitro benzene ring substituents is 1. The highest BCUT2D eigenvalue weighted by atomic mass is 16.6. The number of aliphatic hydroxyl groups excluding tert-OH is 2. The van der Waals surface area contributed by atoms with E-state index in [2.05, 4.69) is 0 Å². The molecule has 0 unspecified atom stereocenters. The molecular weight excluding hydrogens is 376 g/mol. The van der Waals surface area contributed by atoms with Gasteiger partial charge in [-0.05, 0) is 44.2 Å². The maximum absolute atomic E-state index is 12.6. The first-order valence-electron chi connectivity index (χ1n) is 10.5. The van der Waals surface area contributed by atoms with Gasteiger partial charge in [0.15, 0.2) is 0 Å². The molecule has 0 heterocycles. The van der Waals surface area contributed by atoms with Crippen LogP contribution in [-0.2, 0) is 11.2 Å². The molecule has 0 bridgehead atoms. The van der Waals surface area contributed by atoms with Gasteiger partial charge in [-0.25, -0.2) is 0 Å². The summed E-state index contributed by atoms with van der Waals surface area (Å²) >= 11 is 0. The number of nitro groups is 1. The molecule has 1 amide bonds. The lowest BCUT2D eigenvalue weighted by atomic mass is 9.94. The molecule has 162 valence electrons. The molecular formula is C21H32N2O6. The Kier molecular flexibility index (Phi) is 9.87. The average molecular weight is 408 g/mol. The smallest absolute Gasteiger partial charge is 0.272 e. The lowest BCUT2D eigenvalue weighted by molar-refractivity contribution is -0.385. The van der Waals surface area contributed by atoms with E-state index in [4.69, 9.17) is 9.84 Å². The van der Waals surface area contributed by atoms with Crippen molar-refractivity contribution in [1.29, 1.82) is 0 Å². The highest BCUT2D eigenvalue weighted by Gasteiger charge is 2.24. The standard InChI is InChI=1S/C21H32N2O6/c24-13-4-6-17-16-19(10-11-20(17)23(27)28)29-15-5-9-21(26)22(12-14-25)18-7-2-1-3-8-18/h10-11,16,18,24-25H,1-9,12-15H2. The molecule has 0 aromatic heterocycles. The first-order valence-corrected chi connectivity index (χ1v) is 10.5. The van der Waals surface area contributed by atoms with E-state index < -0.39 is 4.92 Å². The summed E-state index contributed by atoms with van der Waals surface area (Å²) in [6.45, 7) is 0.648. The van der Waals surface area contributed by atoms with Gasteiger partial charge in [-0.2, -0.15) is 0 Å². The number of amides is 1. The van der Waals surface area contributed by atoms with Crippen molar-refractivity contribution in [3.05, 3.63) is 33.9 Å². The zero-order valence-corrected chi connectivity index (χ0v) is 16.9. The Hall–Kier alpha value is -2.19. The third kappa shape index (κ3) is 7.29. The maximum Gasteiger partial charge on any atom is 0.272 e. The zero-order valence-electron chi connectivity index (χ0n) is 16.9. The van der Waals surface area contributed by atoms with E-state index in [1.165, 1.54) is 12.5 Å². The summed E-state index contributed by atoms with van der Waals surface area (Å²) in [6.07, 6.45) is 7.20. The van der Waals surface area contributed by atoms with Crippen LogP contribution in [0, 0.1) is 10.1 Å². The molecule has 8 heteroatoms. The van der Waals surface area contributed by atoms with Crippen LogP contribution in [0.4, 0.5) is 5.69 Å². The van der Waals surface area contributed by atoms with Gasteiger partial charge in [0.05, 0.1) is 18.1 Å². The number of carbonyl (C=O) groups is 1. The Balaban J connectivity index is 1.85. The fourth-order valence-corrected chi connectivity index (χ4v) is 3.87. The summed E-state index contributed by atoms with van der Waals surface area (Å²) in [4.78, 5) is 25.1. The number of aliphatic hydroxyl groups is 2. The van der Waals surface area contributed by atoms with Crippen molar-refractivity contribution in [2.75, 3.05) is 26.4 Å². The Bertz CT molecular complexity index is 661. The fraction of sp³-hybridized carbons (Fsp3) is 0.667. The maximum atomic E-state index is 12.6. The van der Waals surface area contributed by atoms with Gasteiger partial charge in [0, 0.05) is 37.2 Å². The van der Waals surface area contributed by atoms with Gasteiger partial charge in [-0.1, -0.05) is 19.3 Å². The number of carbonyl (C=O) groups excluding carboxylic acids is 1. The second-order valence-corrected chi connectivity index (χ2v) is 7.43. The Morgan fingerprint density at radius 3 is 2.59 bits per heavy atom. The zero-order chi connectivity index (χ0) is 21.1. The monoisotopic (exact) mass is 408 g/mol. The van der Waals surface area contributed by atoms with Gasteiger partial charge in [0.2, 0.25) is 5.91 Å². The normalized spacial score (nSPS) is 14.6. The summed E-state index contributed by atoms with van der Waals surface area (Å²) in [7, 11) is 0. The second-order valence-electron chi connectivity index (χ2n) is 7.43. The molecule has 0 radical (unpaired) electrons. The molecule has 8 nitrogen and oxygen atoms in total. The number of aryl methyl sites for hydroxylation is 1. The number of nitrogens with zero attached hydrogens (tertiary/aromatic N) is 2. The van der Waals surface area contributed by atoms with Crippen LogP contribution >= 0.6 is 0 Å². The van der Waals surface area contributed by atoms with Crippen molar-refractivity contribution >= 4 is 11.6 Å². The van der Waals surface area contributed by atoms with Crippen LogP contribution in [0.3, 0.4) is 0 Å². The van der Waals surface area contributed by atoms with E-state index in [9.17, 15) is 20.0 Å². The Morgan fingerprint density at radius 2 is 1.93 bits per heavy atom. The Labute approximate surface area is 171 Å². The number of hydrogen-bond donors (Lipinski definition) is 2. The molecule has 1 aromatic rings. The fourth-order valence-electron chi connectivity index (χ4n) is 3.87. The quantitative estimate of drug-likeness (QED) is 0.312. The third-order valence-corrected chi connectivity index (χ3v) is 5.33. The second kappa shape index (κ2) is 12.4. The molecule has 2 rings (SSSR count). The van der Waals surface area contributed by atoms with Crippen molar-refractivity contribution in [2.24, 2.45) is 0 Å². The molecule has 29 heavy (non-hydrogen) atoms. The van der Waals surface area contributed by atoms with Crippen LogP contribution < -0.4 is 4.74 Å². The molecule has 0 atom stereocenters. The van der Waals surface area contributed by atoms with Crippen LogP contribution in [0.15, 0.2) is 18.2 Å². The molecule has 0 spiro atoms.